The maximum Gasteiger partial charge on any atom is 0.422 e. The van der Waals surface area contributed by atoms with E-state index in [1.807, 2.05) is 6.92 Å². The number of rotatable bonds is 3. The van der Waals surface area contributed by atoms with Crippen molar-refractivity contribution in [3.8, 4) is 0 Å². The van der Waals surface area contributed by atoms with Crippen molar-refractivity contribution < 1.29 is 32.6 Å². The Labute approximate surface area is 108 Å². The van der Waals surface area contributed by atoms with E-state index in [1.54, 1.807) is 0 Å². The zero-order chi connectivity index (χ0) is 14.7. The molecule has 0 aromatic carbocycles. The SMILES string of the molecule is CC1CCCC(NC(=O)OCC(F)(F)F)(C(=O)O)C1. The van der Waals surface area contributed by atoms with Gasteiger partial charge in [0.25, 0.3) is 0 Å². The van der Waals surface area contributed by atoms with Gasteiger partial charge in [0.05, 0.1) is 0 Å². The van der Waals surface area contributed by atoms with E-state index in [-0.39, 0.29) is 18.8 Å². The van der Waals surface area contributed by atoms with Crippen LogP contribution in [0.5, 0.6) is 0 Å². The van der Waals surface area contributed by atoms with Gasteiger partial charge in [-0.15, -0.1) is 0 Å². The molecule has 0 aromatic heterocycles. The van der Waals surface area contributed by atoms with Crippen LogP contribution in [0, 0.1) is 5.92 Å². The van der Waals surface area contributed by atoms with E-state index >= 15 is 0 Å². The molecular formula is C11H16F3NO4. The van der Waals surface area contributed by atoms with E-state index < -0.39 is 30.4 Å². The molecule has 1 aliphatic rings. The Kier molecular flexibility index (Phi) is 4.65. The number of hydrogen-bond donors (Lipinski definition) is 2. The fourth-order valence-corrected chi connectivity index (χ4v) is 2.29. The van der Waals surface area contributed by atoms with Gasteiger partial charge in [0.1, 0.15) is 5.54 Å². The second kappa shape index (κ2) is 5.66. The summed E-state index contributed by atoms with van der Waals surface area (Å²) in [7, 11) is 0. The van der Waals surface area contributed by atoms with Gasteiger partial charge in [-0.05, 0) is 18.8 Å². The van der Waals surface area contributed by atoms with Crippen LogP contribution in [0.3, 0.4) is 0 Å². The molecule has 1 fully saturated rings. The number of nitrogens with one attached hydrogen (secondary N) is 1. The molecule has 0 heterocycles. The molecule has 0 bridgehead atoms. The monoisotopic (exact) mass is 283 g/mol. The molecule has 1 saturated carbocycles. The highest BCUT2D eigenvalue weighted by atomic mass is 19.4. The number of carboxylic acids is 1. The van der Waals surface area contributed by atoms with E-state index in [2.05, 4.69) is 10.1 Å². The Hall–Kier alpha value is -1.47. The Morgan fingerprint density at radius 2 is 2.11 bits per heavy atom. The van der Waals surface area contributed by atoms with Crippen molar-refractivity contribution in [3.63, 3.8) is 0 Å². The average molecular weight is 283 g/mol. The van der Waals surface area contributed by atoms with Gasteiger partial charge < -0.3 is 15.2 Å². The van der Waals surface area contributed by atoms with Crippen molar-refractivity contribution in [1.29, 1.82) is 0 Å². The molecule has 1 aliphatic carbocycles. The normalized spacial score (nSPS) is 27.7. The maximum absolute atomic E-state index is 11.9. The van der Waals surface area contributed by atoms with Crippen LogP contribution in [0.15, 0.2) is 0 Å². The molecule has 5 nitrogen and oxygen atoms in total. The molecule has 1 rings (SSSR count). The number of ether oxygens (including phenoxy) is 1. The zero-order valence-electron chi connectivity index (χ0n) is 10.4. The molecule has 0 saturated heterocycles. The van der Waals surface area contributed by atoms with Crippen LogP contribution in [0.2, 0.25) is 0 Å². The van der Waals surface area contributed by atoms with Gasteiger partial charge in [-0.25, -0.2) is 9.59 Å². The van der Waals surface area contributed by atoms with Gasteiger partial charge in [-0.1, -0.05) is 19.8 Å². The molecule has 19 heavy (non-hydrogen) atoms. The van der Waals surface area contributed by atoms with Crippen molar-refractivity contribution in [2.24, 2.45) is 5.92 Å². The number of aliphatic carboxylic acids is 1. The van der Waals surface area contributed by atoms with E-state index in [0.29, 0.717) is 6.42 Å². The first-order valence-electron chi connectivity index (χ1n) is 5.90. The standard InChI is InChI=1S/C11H16F3NO4/c1-7-3-2-4-10(5-7,8(16)17)15-9(18)19-6-11(12,13)14/h7H,2-6H2,1H3,(H,15,18)(H,16,17). The van der Waals surface area contributed by atoms with Gasteiger partial charge in [-0.3, -0.25) is 0 Å². The molecule has 0 radical (unpaired) electrons. The number of hydrogen-bond acceptors (Lipinski definition) is 3. The van der Waals surface area contributed by atoms with Gasteiger partial charge >= 0.3 is 18.2 Å². The summed E-state index contributed by atoms with van der Waals surface area (Å²) in [6.07, 6.45) is -4.19. The third-order valence-corrected chi connectivity index (χ3v) is 3.12. The van der Waals surface area contributed by atoms with Crippen molar-refractivity contribution in [2.45, 2.75) is 44.3 Å². The highest BCUT2D eigenvalue weighted by molar-refractivity contribution is 5.84. The summed E-state index contributed by atoms with van der Waals surface area (Å²) in [6, 6.07) is 0. The highest BCUT2D eigenvalue weighted by Gasteiger charge is 2.44. The summed E-state index contributed by atoms with van der Waals surface area (Å²) in [5, 5.41) is 11.3. The predicted molar refractivity (Wildman–Crippen MR) is 58.5 cm³/mol. The van der Waals surface area contributed by atoms with Crippen molar-refractivity contribution in [1.82, 2.24) is 5.32 Å². The van der Waals surface area contributed by atoms with E-state index in [4.69, 9.17) is 0 Å². The molecular weight excluding hydrogens is 267 g/mol. The molecule has 0 spiro atoms. The number of carboxylic acid groups (broad SMARTS) is 1. The first-order valence-corrected chi connectivity index (χ1v) is 5.90. The fourth-order valence-electron chi connectivity index (χ4n) is 2.29. The average Bonchev–Trinajstić information content (AvgIpc) is 2.25. The summed E-state index contributed by atoms with van der Waals surface area (Å²) in [4.78, 5) is 22.5. The van der Waals surface area contributed by atoms with Crippen LogP contribution in [-0.2, 0) is 9.53 Å². The smallest absolute Gasteiger partial charge is 0.422 e. The molecule has 0 aromatic rings. The second-order valence-corrected chi connectivity index (χ2v) is 4.91. The zero-order valence-corrected chi connectivity index (χ0v) is 10.4. The lowest BCUT2D eigenvalue weighted by atomic mass is 9.76. The Morgan fingerprint density at radius 1 is 1.47 bits per heavy atom. The van der Waals surface area contributed by atoms with Crippen molar-refractivity contribution in [3.05, 3.63) is 0 Å². The summed E-state index contributed by atoms with van der Waals surface area (Å²) >= 11 is 0. The van der Waals surface area contributed by atoms with E-state index in [9.17, 15) is 27.9 Å². The Morgan fingerprint density at radius 3 is 2.58 bits per heavy atom. The third-order valence-electron chi connectivity index (χ3n) is 3.12. The first kappa shape index (κ1) is 15.6. The minimum Gasteiger partial charge on any atom is -0.480 e. The largest absolute Gasteiger partial charge is 0.480 e. The number of carbonyl (C=O) groups is 2. The number of alkyl halides is 3. The predicted octanol–water partition coefficient (Wildman–Crippen LogP) is 2.31. The van der Waals surface area contributed by atoms with Gasteiger partial charge in [-0.2, -0.15) is 13.2 Å². The topological polar surface area (TPSA) is 75.6 Å². The third kappa shape index (κ3) is 4.60. The minimum absolute atomic E-state index is 0.0766. The molecule has 2 atom stereocenters. The summed E-state index contributed by atoms with van der Waals surface area (Å²) in [5.74, 6) is -1.17. The Bertz CT molecular complexity index is 358. The minimum atomic E-state index is -4.63. The Balaban J connectivity index is 2.64. The summed E-state index contributed by atoms with van der Waals surface area (Å²) in [5.41, 5.74) is -1.53. The van der Waals surface area contributed by atoms with Crippen molar-refractivity contribution >= 4 is 12.1 Å². The number of amides is 1. The first-order chi connectivity index (χ1) is 8.65. The molecule has 0 aliphatic heterocycles. The van der Waals surface area contributed by atoms with Crippen LogP contribution in [-0.4, -0.2) is 35.5 Å². The lowest BCUT2D eigenvalue weighted by Gasteiger charge is -2.36. The maximum atomic E-state index is 11.9. The lowest BCUT2D eigenvalue weighted by molar-refractivity contribution is -0.161. The van der Waals surface area contributed by atoms with Crippen LogP contribution in [0.25, 0.3) is 0 Å². The van der Waals surface area contributed by atoms with Crippen LogP contribution in [0.1, 0.15) is 32.6 Å². The summed E-state index contributed by atoms with van der Waals surface area (Å²) in [6.45, 7) is 0.101. The molecule has 2 N–H and O–H groups in total. The van der Waals surface area contributed by atoms with Gasteiger partial charge in [0.15, 0.2) is 6.61 Å². The van der Waals surface area contributed by atoms with Crippen LogP contribution < -0.4 is 5.32 Å². The number of carbonyl (C=O) groups excluding carboxylic acids is 1. The van der Waals surface area contributed by atoms with E-state index in [1.165, 1.54) is 0 Å². The van der Waals surface area contributed by atoms with E-state index in [0.717, 1.165) is 6.42 Å². The lowest BCUT2D eigenvalue weighted by Crippen LogP contribution is -2.57. The van der Waals surface area contributed by atoms with Crippen LogP contribution >= 0.6 is 0 Å². The summed E-state index contributed by atoms with van der Waals surface area (Å²) < 4.78 is 39.6. The molecule has 1 amide bonds. The molecule has 2 unspecified atom stereocenters. The second-order valence-electron chi connectivity index (χ2n) is 4.91. The molecule has 8 heteroatoms. The van der Waals surface area contributed by atoms with Gasteiger partial charge in [0.2, 0.25) is 0 Å². The fraction of sp³-hybridized carbons (Fsp3) is 0.818. The van der Waals surface area contributed by atoms with Crippen LogP contribution in [0.4, 0.5) is 18.0 Å². The number of halogens is 3. The highest BCUT2D eigenvalue weighted by Crippen LogP contribution is 2.32. The molecule has 110 valence electrons. The quantitative estimate of drug-likeness (QED) is 0.833. The van der Waals surface area contributed by atoms with Gasteiger partial charge in [0, 0.05) is 0 Å². The van der Waals surface area contributed by atoms with Crippen molar-refractivity contribution in [2.75, 3.05) is 6.61 Å². The number of alkyl carbamates (subject to hydrolysis) is 1.